The van der Waals surface area contributed by atoms with Crippen LogP contribution in [0.5, 0.6) is 0 Å². The molecule has 2 rings (SSSR count). The summed E-state index contributed by atoms with van der Waals surface area (Å²) in [5.41, 5.74) is 0.735. The van der Waals surface area contributed by atoms with Crippen LogP contribution in [0, 0.1) is 0 Å². The number of hydrogen-bond acceptors (Lipinski definition) is 3. The second-order valence-electron chi connectivity index (χ2n) is 3.69. The fourth-order valence-electron chi connectivity index (χ4n) is 1.27. The fourth-order valence-corrected chi connectivity index (χ4v) is 1.86. The predicted octanol–water partition coefficient (Wildman–Crippen LogP) is 2.48. The van der Waals surface area contributed by atoms with Crippen LogP contribution in [-0.4, -0.2) is 22.8 Å². The zero-order valence-corrected chi connectivity index (χ0v) is 10.0. The molecule has 0 spiro atoms. The van der Waals surface area contributed by atoms with Gasteiger partial charge in [-0.1, -0.05) is 6.92 Å². The first-order valence-electron chi connectivity index (χ1n) is 5.44. The molecule has 1 fully saturated rings. The third kappa shape index (κ3) is 3.41. The summed E-state index contributed by atoms with van der Waals surface area (Å²) >= 11 is 1.68. The molecule has 0 atom stereocenters. The van der Waals surface area contributed by atoms with Crippen LogP contribution in [0.2, 0.25) is 0 Å². The van der Waals surface area contributed by atoms with Gasteiger partial charge in [0.2, 0.25) is 0 Å². The third-order valence-corrected chi connectivity index (χ3v) is 3.02. The molecule has 0 saturated heterocycles. The molecule has 0 bridgehead atoms. The molecule has 4 nitrogen and oxygen atoms in total. The second-order valence-corrected chi connectivity index (χ2v) is 4.98. The molecule has 1 saturated carbocycles. The van der Waals surface area contributed by atoms with Crippen LogP contribution in [0.4, 0.5) is 10.5 Å². The van der Waals surface area contributed by atoms with Crippen molar-refractivity contribution in [3.8, 4) is 0 Å². The molecule has 16 heavy (non-hydrogen) atoms. The number of nitrogens with zero attached hydrogens (tertiary/aromatic N) is 1. The SMILES string of the molecule is CCSc1ccc(NC(=O)NC2CC2)cn1. The van der Waals surface area contributed by atoms with Crippen LogP contribution in [0.3, 0.4) is 0 Å². The van der Waals surface area contributed by atoms with E-state index in [4.69, 9.17) is 0 Å². The number of pyridine rings is 1. The van der Waals surface area contributed by atoms with E-state index < -0.39 is 0 Å². The Morgan fingerprint density at radius 2 is 2.38 bits per heavy atom. The largest absolute Gasteiger partial charge is 0.335 e. The van der Waals surface area contributed by atoms with Gasteiger partial charge in [-0.15, -0.1) is 11.8 Å². The molecule has 1 aliphatic carbocycles. The van der Waals surface area contributed by atoms with Gasteiger partial charge in [-0.25, -0.2) is 9.78 Å². The van der Waals surface area contributed by atoms with Crippen LogP contribution >= 0.6 is 11.8 Å². The smallest absolute Gasteiger partial charge is 0.319 e. The maximum Gasteiger partial charge on any atom is 0.319 e. The Morgan fingerprint density at radius 1 is 1.56 bits per heavy atom. The molecule has 1 aromatic heterocycles. The van der Waals surface area contributed by atoms with E-state index in [0.29, 0.717) is 6.04 Å². The van der Waals surface area contributed by atoms with Crippen molar-refractivity contribution < 1.29 is 4.79 Å². The lowest BCUT2D eigenvalue weighted by molar-refractivity contribution is 0.251. The Balaban J connectivity index is 1.85. The van der Waals surface area contributed by atoms with Gasteiger partial charge in [-0.05, 0) is 30.7 Å². The normalized spacial score (nSPS) is 14.6. The fraction of sp³-hybridized carbons (Fsp3) is 0.455. The summed E-state index contributed by atoms with van der Waals surface area (Å²) in [4.78, 5) is 15.7. The summed E-state index contributed by atoms with van der Waals surface area (Å²) in [5, 5.41) is 6.60. The monoisotopic (exact) mass is 237 g/mol. The standard InChI is InChI=1S/C11H15N3OS/c1-2-16-10-6-5-9(7-12-10)14-11(15)13-8-3-4-8/h5-8H,2-4H2,1H3,(H2,13,14,15). The molecule has 1 heterocycles. The van der Waals surface area contributed by atoms with E-state index in [0.717, 1.165) is 29.3 Å². The summed E-state index contributed by atoms with van der Waals surface area (Å²) in [6, 6.07) is 4.03. The van der Waals surface area contributed by atoms with Gasteiger partial charge >= 0.3 is 6.03 Å². The Hall–Kier alpha value is -1.23. The minimum absolute atomic E-state index is 0.139. The average Bonchev–Trinajstić information content (AvgIpc) is 3.05. The van der Waals surface area contributed by atoms with Crippen LogP contribution in [0.25, 0.3) is 0 Å². The second kappa shape index (κ2) is 5.21. The Morgan fingerprint density at radius 3 is 2.94 bits per heavy atom. The van der Waals surface area contributed by atoms with Crippen LogP contribution in [0.1, 0.15) is 19.8 Å². The van der Waals surface area contributed by atoms with Crippen LogP contribution in [0.15, 0.2) is 23.4 Å². The summed E-state index contributed by atoms with van der Waals surface area (Å²) in [5.74, 6) is 1.00. The highest BCUT2D eigenvalue weighted by molar-refractivity contribution is 7.99. The molecular formula is C11H15N3OS. The molecule has 2 amide bonds. The molecule has 1 aliphatic rings. The maximum atomic E-state index is 11.4. The molecule has 86 valence electrons. The zero-order valence-electron chi connectivity index (χ0n) is 9.19. The highest BCUT2D eigenvalue weighted by Gasteiger charge is 2.23. The number of hydrogen-bond donors (Lipinski definition) is 2. The van der Waals surface area contributed by atoms with Crippen molar-refractivity contribution in [1.82, 2.24) is 10.3 Å². The number of aromatic nitrogens is 1. The van der Waals surface area contributed by atoms with Gasteiger partial charge in [0, 0.05) is 6.04 Å². The van der Waals surface area contributed by atoms with Crippen molar-refractivity contribution in [2.45, 2.75) is 30.8 Å². The van der Waals surface area contributed by atoms with Gasteiger partial charge in [0.15, 0.2) is 0 Å². The molecule has 1 aromatic rings. The summed E-state index contributed by atoms with van der Waals surface area (Å²) in [7, 11) is 0. The zero-order chi connectivity index (χ0) is 11.4. The highest BCUT2D eigenvalue weighted by Crippen LogP contribution is 2.19. The van der Waals surface area contributed by atoms with Crippen molar-refractivity contribution in [2.24, 2.45) is 0 Å². The molecule has 0 aliphatic heterocycles. The van der Waals surface area contributed by atoms with E-state index in [1.807, 2.05) is 12.1 Å². The maximum absolute atomic E-state index is 11.4. The first-order valence-corrected chi connectivity index (χ1v) is 6.43. The number of rotatable bonds is 4. The van der Waals surface area contributed by atoms with E-state index >= 15 is 0 Å². The minimum atomic E-state index is -0.139. The van der Waals surface area contributed by atoms with Crippen molar-refractivity contribution in [3.63, 3.8) is 0 Å². The van der Waals surface area contributed by atoms with Crippen LogP contribution < -0.4 is 10.6 Å². The van der Waals surface area contributed by atoms with Crippen molar-refractivity contribution in [1.29, 1.82) is 0 Å². The molecule has 0 unspecified atom stereocenters. The number of amides is 2. The van der Waals surface area contributed by atoms with Gasteiger partial charge < -0.3 is 10.6 Å². The van der Waals surface area contributed by atoms with E-state index in [1.165, 1.54) is 0 Å². The van der Waals surface area contributed by atoms with E-state index in [1.54, 1.807) is 18.0 Å². The summed E-state index contributed by atoms with van der Waals surface area (Å²) in [6.45, 7) is 2.08. The predicted molar refractivity (Wildman–Crippen MR) is 65.8 cm³/mol. The Bertz CT molecular complexity index is 362. The minimum Gasteiger partial charge on any atom is -0.335 e. The first kappa shape index (κ1) is 11.3. The molecule has 0 aromatic carbocycles. The van der Waals surface area contributed by atoms with Crippen LogP contribution in [-0.2, 0) is 0 Å². The van der Waals surface area contributed by atoms with Crippen molar-refractivity contribution in [3.05, 3.63) is 18.3 Å². The van der Waals surface area contributed by atoms with E-state index in [2.05, 4.69) is 22.5 Å². The number of anilines is 1. The van der Waals surface area contributed by atoms with E-state index in [9.17, 15) is 4.79 Å². The van der Waals surface area contributed by atoms with Gasteiger partial charge in [0.1, 0.15) is 0 Å². The number of urea groups is 1. The van der Waals surface area contributed by atoms with Gasteiger partial charge in [0.25, 0.3) is 0 Å². The van der Waals surface area contributed by atoms with Gasteiger partial charge in [0.05, 0.1) is 16.9 Å². The lowest BCUT2D eigenvalue weighted by atomic mass is 10.4. The first-order chi connectivity index (χ1) is 7.78. The topological polar surface area (TPSA) is 54.0 Å². The highest BCUT2D eigenvalue weighted by atomic mass is 32.2. The number of carbonyl (C=O) groups is 1. The summed E-state index contributed by atoms with van der Waals surface area (Å²) in [6.07, 6.45) is 3.87. The molecule has 5 heteroatoms. The van der Waals surface area contributed by atoms with E-state index in [-0.39, 0.29) is 6.03 Å². The van der Waals surface area contributed by atoms with Crippen molar-refractivity contribution in [2.75, 3.05) is 11.1 Å². The third-order valence-electron chi connectivity index (χ3n) is 2.20. The van der Waals surface area contributed by atoms with Gasteiger partial charge in [-0.3, -0.25) is 0 Å². The number of thioether (sulfide) groups is 1. The average molecular weight is 237 g/mol. The number of carbonyl (C=O) groups excluding carboxylic acids is 1. The molecule has 0 radical (unpaired) electrons. The molecular weight excluding hydrogens is 222 g/mol. The van der Waals surface area contributed by atoms with Crippen molar-refractivity contribution >= 4 is 23.5 Å². The lowest BCUT2D eigenvalue weighted by Gasteiger charge is -2.06. The quantitative estimate of drug-likeness (QED) is 0.791. The summed E-state index contributed by atoms with van der Waals surface area (Å²) < 4.78 is 0. The van der Waals surface area contributed by atoms with Gasteiger partial charge in [-0.2, -0.15) is 0 Å². The lowest BCUT2D eigenvalue weighted by Crippen LogP contribution is -2.30. The Kier molecular flexibility index (Phi) is 3.66. The number of nitrogens with one attached hydrogen (secondary N) is 2. The molecule has 2 N–H and O–H groups in total. The Labute approximate surface area is 99.2 Å².